The lowest BCUT2D eigenvalue weighted by Gasteiger charge is -2.52. The van der Waals surface area contributed by atoms with Gasteiger partial charge in [0.2, 0.25) is 16.0 Å². The molecule has 1 aromatic heterocycles. The molecule has 32 heavy (non-hydrogen) atoms. The van der Waals surface area contributed by atoms with E-state index in [1.807, 2.05) is 6.07 Å². The largest absolute Gasteiger partial charge is 0.445 e. The number of Topliss-reactive ketones (excluding diaryl/α,β-unsaturated/α-hetero) is 1. The quantitative estimate of drug-likeness (QED) is 0.542. The van der Waals surface area contributed by atoms with Gasteiger partial charge in [0.1, 0.15) is 6.17 Å². The number of halogens is 4. The van der Waals surface area contributed by atoms with Crippen molar-refractivity contribution >= 4 is 28.2 Å². The average Bonchev–Trinajstić information content (AvgIpc) is 3.40. The Labute approximate surface area is 185 Å². The van der Waals surface area contributed by atoms with Crippen molar-refractivity contribution in [3.05, 3.63) is 5.01 Å². The van der Waals surface area contributed by atoms with E-state index in [-0.39, 0.29) is 36.1 Å². The zero-order chi connectivity index (χ0) is 23.2. The summed E-state index contributed by atoms with van der Waals surface area (Å²) in [5.41, 5.74) is -2.55. The number of nitrogens with zero attached hydrogens (tertiary/aromatic N) is 3. The van der Waals surface area contributed by atoms with Gasteiger partial charge < -0.3 is 10.6 Å². The first-order valence-corrected chi connectivity index (χ1v) is 11.1. The zero-order valence-electron chi connectivity index (χ0n) is 17.0. The number of hydrogen-bond donors (Lipinski definition) is 3. The summed E-state index contributed by atoms with van der Waals surface area (Å²) in [7, 11) is 0. The lowest BCUT2D eigenvalue weighted by molar-refractivity contribution is -0.138. The first kappa shape index (κ1) is 23.0. The molecule has 5 rings (SSSR count). The standard InChI is InChI=1S/C19H22F4N6O2S/c20-11-7-18(10-24,26-8-11)12(30)9-25-17-4-1-16(2-5-17,3-6-17)13(31)27-15-29-28-14(32-15)19(21,22)23/h11,25-26H,1-9H2,(H,27,29,31)/t11-,16?,17?,18-/m0/s1. The van der Waals surface area contributed by atoms with Crippen LogP contribution in [0.1, 0.15) is 50.0 Å². The fourth-order valence-electron chi connectivity index (χ4n) is 4.95. The smallest absolute Gasteiger partial charge is 0.304 e. The summed E-state index contributed by atoms with van der Waals surface area (Å²) in [4.78, 5) is 25.5. The Balaban J connectivity index is 1.34. The Kier molecular flexibility index (Phi) is 5.75. The van der Waals surface area contributed by atoms with Crippen molar-refractivity contribution < 1.29 is 27.2 Å². The molecule has 0 unspecified atom stereocenters. The fraction of sp³-hybridized carbons (Fsp3) is 0.737. The number of aromatic nitrogens is 2. The number of rotatable bonds is 6. The third-order valence-corrected chi connectivity index (χ3v) is 7.94. The second kappa shape index (κ2) is 8.00. The van der Waals surface area contributed by atoms with E-state index in [2.05, 4.69) is 26.1 Å². The topological polar surface area (TPSA) is 120 Å². The van der Waals surface area contributed by atoms with Crippen LogP contribution in [0.3, 0.4) is 0 Å². The van der Waals surface area contributed by atoms with Crippen LogP contribution in [0, 0.1) is 16.7 Å². The number of ketones is 1. The van der Waals surface area contributed by atoms with Crippen LogP contribution in [0.5, 0.6) is 0 Å². The highest BCUT2D eigenvalue weighted by molar-refractivity contribution is 7.15. The average molecular weight is 474 g/mol. The van der Waals surface area contributed by atoms with Crippen molar-refractivity contribution in [1.29, 1.82) is 5.26 Å². The molecule has 8 nitrogen and oxygen atoms in total. The molecule has 4 fully saturated rings. The van der Waals surface area contributed by atoms with E-state index in [1.54, 1.807) is 0 Å². The highest BCUT2D eigenvalue weighted by Gasteiger charge is 2.53. The minimum absolute atomic E-state index is 0.0266. The summed E-state index contributed by atoms with van der Waals surface area (Å²) in [6.07, 6.45) is -2.65. The van der Waals surface area contributed by atoms with Gasteiger partial charge in [0.05, 0.1) is 12.6 Å². The lowest BCUT2D eigenvalue weighted by Crippen LogP contribution is -2.60. The summed E-state index contributed by atoms with van der Waals surface area (Å²) in [6.45, 7) is -0.0986. The van der Waals surface area contributed by atoms with Gasteiger partial charge in [-0.2, -0.15) is 18.4 Å². The summed E-state index contributed by atoms with van der Waals surface area (Å²) in [6, 6.07) is 1.92. The number of anilines is 1. The molecule has 3 aliphatic carbocycles. The van der Waals surface area contributed by atoms with E-state index in [0.717, 1.165) is 0 Å². The Morgan fingerprint density at radius 3 is 2.34 bits per heavy atom. The highest BCUT2D eigenvalue weighted by Crippen LogP contribution is 2.53. The van der Waals surface area contributed by atoms with Gasteiger partial charge in [0, 0.05) is 23.9 Å². The Bertz CT molecular complexity index is 936. The second-order valence-electron chi connectivity index (χ2n) is 8.90. The molecule has 2 bridgehead atoms. The SMILES string of the molecule is N#C[C@]1(C(=O)CNC23CCC(C(=O)Nc4nnc(C(F)(F)F)s4)(CC2)CC3)C[C@H](F)CN1. The van der Waals surface area contributed by atoms with Crippen LogP contribution in [-0.2, 0) is 15.8 Å². The third-order valence-electron chi connectivity index (χ3n) is 7.06. The second-order valence-corrected chi connectivity index (χ2v) is 9.88. The van der Waals surface area contributed by atoms with Crippen molar-refractivity contribution in [1.82, 2.24) is 20.8 Å². The molecule has 1 amide bonds. The molecule has 3 N–H and O–H groups in total. The van der Waals surface area contributed by atoms with Crippen molar-refractivity contribution in [3.8, 4) is 6.07 Å². The first-order chi connectivity index (χ1) is 15.0. The third kappa shape index (κ3) is 4.11. The van der Waals surface area contributed by atoms with Crippen LogP contribution in [0.15, 0.2) is 0 Å². The fourth-order valence-corrected chi connectivity index (χ4v) is 5.56. The zero-order valence-corrected chi connectivity index (χ0v) is 17.8. The van der Waals surface area contributed by atoms with Gasteiger partial charge in [-0.25, -0.2) is 4.39 Å². The van der Waals surface area contributed by atoms with Gasteiger partial charge in [0.25, 0.3) is 0 Å². The number of alkyl halides is 4. The van der Waals surface area contributed by atoms with Crippen LogP contribution in [0.25, 0.3) is 0 Å². The molecule has 1 aromatic rings. The predicted molar refractivity (Wildman–Crippen MR) is 105 cm³/mol. The lowest BCUT2D eigenvalue weighted by atomic mass is 9.57. The molecule has 2 heterocycles. The van der Waals surface area contributed by atoms with Crippen LogP contribution in [0.2, 0.25) is 0 Å². The molecule has 3 saturated carbocycles. The molecule has 1 aliphatic heterocycles. The number of amides is 1. The number of carbonyl (C=O) groups is 2. The molecule has 4 aliphatic rings. The van der Waals surface area contributed by atoms with Crippen LogP contribution in [-0.4, -0.2) is 52.2 Å². The van der Waals surface area contributed by atoms with E-state index in [9.17, 15) is 32.4 Å². The highest BCUT2D eigenvalue weighted by atomic mass is 32.1. The normalized spacial score (nSPS) is 34.3. The molecular weight excluding hydrogens is 452 g/mol. The number of carbonyl (C=O) groups excluding carboxylic acids is 2. The van der Waals surface area contributed by atoms with Crippen LogP contribution in [0.4, 0.5) is 22.7 Å². The Morgan fingerprint density at radius 1 is 1.19 bits per heavy atom. The maximum absolute atomic E-state index is 13.6. The summed E-state index contributed by atoms with van der Waals surface area (Å²) >= 11 is 0.291. The number of hydrogen-bond acceptors (Lipinski definition) is 8. The van der Waals surface area contributed by atoms with E-state index >= 15 is 0 Å². The van der Waals surface area contributed by atoms with Gasteiger partial charge in [-0.1, -0.05) is 11.3 Å². The van der Waals surface area contributed by atoms with E-state index in [4.69, 9.17) is 0 Å². The first-order valence-electron chi connectivity index (χ1n) is 10.3. The van der Waals surface area contributed by atoms with Crippen molar-refractivity contribution in [2.45, 2.75) is 68.4 Å². The van der Waals surface area contributed by atoms with Gasteiger partial charge in [-0.15, -0.1) is 10.2 Å². The van der Waals surface area contributed by atoms with E-state index < -0.39 is 34.1 Å². The maximum atomic E-state index is 13.6. The van der Waals surface area contributed by atoms with Gasteiger partial charge in [-0.05, 0) is 38.5 Å². The van der Waals surface area contributed by atoms with Crippen LogP contribution < -0.4 is 16.0 Å². The summed E-state index contributed by atoms with van der Waals surface area (Å²) in [5, 5.41) is 23.0. The maximum Gasteiger partial charge on any atom is 0.445 e. The number of nitriles is 1. The summed E-state index contributed by atoms with van der Waals surface area (Å²) < 4.78 is 51.7. The molecule has 0 aromatic carbocycles. The molecule has 13 heteroatoms. The Morgan fingerprint density at radius 2 is 1.84 bits per heavy atom. The minimum Gasteiger partial charge on any atom is -0.304 e. The van der Waals surface area contributed by atoms with Crippen molar-refractivity contribution in [3.63, 3.8) is 0 Å². The predicted octanol–water partition coefficient (Wildman–Crippen LogP) is 2.34. The molecule has 1 saturated heterocycles. The van der Waals surface area contributed by atoms with Gasteiger partial charge in [-0.3, -0.25) is 14.9 Å². The monoisotopic (exact) mass is 474 g/mol. The molecule has 174 valence electrons. The molecule has 2 atom stereocenters. The minimum atomic E-state index is -4.61. The van der Waals surface area contributed by atoms with E-state index in [0.29, 0.717) is 49.9 Å². The molecule has 0 spiro atoms. The Hall–Kier alpha value is -2.17. The molecule has 0 radical (unpaired) electrons. The summed E-state index contributed by atoms with van der Waals surface area (Å²) in [5.74, 6) is -0.759. The van der Waals surface area contributed by atoms with Crippen LogP contribution >= 0.6 is 11.3 Å². The van der Waals surface area contributed by atoms with E-state index in [1.165, 1.54) is 0 Å². The van der Waals surface area contributed by atoms with Crippen molar-refractivity contribution in [2.75, 3.05) is 18.4 Å². The van der Waals surface area contributed by atoms with Gasteiger partial charge in [0.15, 0.2) is 11.3 Å². The number of nitrogens with one attached hydrogen (secondary N) is 3. The van der Waals surface area contributed by atoms with Crippen molar-refractivity contribution in [2.24, 2.45) is 5.41 Å². The van der Waals surface area contributed by atoms with Gasteiger partial charge >= 0.3 is 6.18 Å². The molecular formula is C19H22F4N6O2S. The number of fused-ring (bicyclic) bond motifs is 3.